The van der Waals surface area contributed by atoms with Crippen molar-refractivity contribution in [1.29, 1.82) is 0 Å². The molecule has 2 aliphatic carbocycles. The Kier molecular flexibility index (Phi) is 16.3. The van der Waals surface area contributed by atoms with Crippen molar-refractivity contribution < 1.29 is 38.4 Å². The number of rotatable bonds is 12. The maximum Gasteiger partial charge on any atom is 0.239 e. The van der Waals surface area contributed by atoms with Crippen LogP contribution in [0.5, 0.6) is 0 Å². The maximum atomic E-state index is 14.2. The van der Waals surface area contributed by atoms with E-state index in [0.29, 0.717) is 22.8 Å². The Bertz CT molecular complexity index is 7930. The van der Waals surface area contributed by atoms with Crippen LogP contribution >= 0.6 is 0 Å². The predicted octanol–water partition coefficient (Wildman–Crippen LogP) is 19.9. The molecule has 8 amide bonds. The van der Waals surface area contributed by atoms with Crippen molar-refractivity contribution in [1.82, 2.24) is 38.2 Å². The first-order valence-electron chi connectivity index (χ1n) is 42.6. The zero-order valence-corrected chi connectivity index (χ0v) is 67.9. The van der Waals surface area contributed by atoms with Crippen LogP contribution in [-0.2, 0) is 38.4 Å². The topological polar surface area (TPSA) is 221 Å². The van der Waals surface area contributed by atoms with E-state index in [4.69, 9.17) is 19.9 Å². The number of pyridine rings is 4. The summed E-state index contributed by atoms with van der Waals surface area (Å²) >= 11 is 0. The molecule has 20 aromatic rings. The van der Waals surface area contributed by atoms with E-state index in [1.807, 2.05) is 170 Å². The zero-order valence-electron chi connectivity index (χ0n) is 67.9. The molecule has 8 aromatic heterocycles. The highest BCUT2D eigenvalue weighted by Gasteiger charge is 2.75. The second-order valence-electron chi connectivity index (χ2n) is 33.5. The maximum absolute atomic E-state index is 14.2. The molecule has 4 unspecified atom stereocenters. The summed E-state index contributed by atoms with van der Waals surface area (Å²) in [6, 6.07) is 119. The molecule has 0 bridgehead atoms. The van der Waals surface area contributed by atoms with E-state index in [9.17, 15) is 38.4 Å². The number of imide groups is 4. The summed E-state index contributed by atoms with van der Waals surface area (Å²) in [7, 11) is 0. The van der Waals surface area contributed by atoms with Gasteiger partial charge in [0.25, 0.3) is 0 Å². The number of aromatic nitrogens is 8. The minimum Gasteiger partial charge on any atom is -0.309 e. The third kappa shape index (κ3) is 10.8. The molecule has 6 fully saturated rings. The SMILES string of the molecule is O=C1C2C(C(=O)N1c1cccc(-c3ccc4c(c3)c3ccccc3n4-c3ccccc3)n1)C1C(=O)N(c3cccc(-c4ccc5c(c4)c4ccccc4n5-c4ccccc4)n3)C(=O)C21.O=C1C2C(C(=O)N1c1cccc(-c3ccc4c(c3)c3ccccc3n4-c3ccccc3)n1)C1C(=O)N(c3cccc(-c4ccc5c6ccccc6n(-c6ccccc6)c5c4)n3)C(=O)C21. The Labute approximate surface area is 728 Å². The number of nitrogens with zero attached hydrogens (tertiary/aromatic N) is 12. The van der Waals surface area contributed by atoms with Gasteiger partial charge in [0.1, 0.15) is 23.3 Å². The van der Waals surface area contributed by atoms with Gasteiger partial charge in [0.2, 0.25) is 47.3 Å². The van der Waals surface area contributed by atoms with Crippen LogP contribution in [0.1, 0.15) is 0 Å². The number of hydrogen-bond acceptors (Lipinski definition) is 12. The number of fused-ring (bicyclic) bond motifs is 20. The number of amides is 8. The van der Waals surface area contributed by atoms with Crippen molar-refractivity contribution in [3.63, 3.8) is 0 Å². The molecule has 128 heavy (non-hydrogen) atoms. The van der Waals surface area contributed by atoms with Gasteiger partial charge in [-0.15, -0.1) is 0 Å². The average Bonchev–Trinajstić information content (AvgIpc) is 1.52. The summed E-state index contributed by atoms with van der Waals surface area (Å²) in [4.78, 5) is 137. The zero-order chi connectivity index (χ0) is 85.6. The van der Waals surface area contributed by atoms with Crippen LogP contribution in [0.2, 0.25) is 0 Å². The number of para-hydroxylation sites is 8. The second kappa shape index (κ2) is 28.3. The fourth-order valence-electron chi connectivity index (χ4n) is 21.3. The van der Waals surface area contributed by atoms with E-state index >= 15 is 0 Å². The van der Waals surface area contributed by atoms with Gasteiger partial charge in [-0.1, -0.05) is 200 Å². The molecule has 4 saturated heterocycles. The fourth-order valence-corrected chi connectivity index (χ4v) is 21.3. The number of carbonyl (C=O) groups is 8. The highest BCUT2D eigenvalue weighted by atomic mass is 16.2. The lowest BCUT2D eigenvalue weighted by Gasteiger charge is -2.36. The first-order chi connectivity index (χ1) is 62.9. The van der Waals surface area contributed by atoms with Gasteiger partial charge in [0, 0.05) is 88.1 Å². The summed E-state index contributed by atoms with van der Waals surface area (Å²) in [6.45, 7) is 0. The third-order valence-electron chi connectivity index (χ3n) is 26.9. The first kappa shape index (κ1) is 73.7. The molecule has 0 radical (unpaired) electrons. The van der Waals surface area contributed by atoms with Crippen LogP contribution in [0.4, 0.5) is 23.3 Å². The van der Waals surface area contributed by atoms with E-state index in [2.05, 4.69) is 164 Å². The largest absolute Gasteiger partial charge is 0.309 e. The molecule has 0 N–H and O–H groups in total. The lowest BCUT2D eigenvalue weighted by molar-refractivity contribution is -0.146. The van der Waals surface area contributed by atoms with Crippen molar-refractivity contribution in [2.45, 2.75) is 0 Å². The van der Waals surface area contributed by atoms with Gasteiger partial charge in [-0.3, -0.25) is 38.4 Å². The van der Waals surface area contributed by atoms with E-state index in [-0.39, 0.29) is 23.3 Å². The van der Waals surface area contributed by atoms with Gasteiger partial charge < -0.3 is 18.3 Å². The standard InChI is InChI=1S/2C54H34N6O4/c61-51-47-48(52(62)59(51)45-23-11-19-39(55-45)31-26-28-43-38(29-31)36-18-8-10-22-42(36)57(43)33-13-3-1-4-14-33)50-49(47)53(63)60(54(50)64)46-24-12-20-40(56-46)32-25-27-37-35-17-7-9-21-41(35)58(44(37)30-32)34-15-5-2-6-16-34;61-51-47-48(52(62)59(51)45-23-11-19-39(55-45)31-25-27-43-37(29-31)35-17-7-9-21-41(35)57(43)33-13-3-1-4-14-33)50-49(47)53(63)60(54(50)64)46-24-12-20-40(56-46)32-26-28-44-38(30-32)36-18-8-10-22-42(36)58(44)34-15-5-2-6-16-34/h2*1-30,47-50H. The van der Waals surface area contributed by atoms with Crippen LogP contribution in [0.15, 0.2) is 364 Å². The lowest BCUT2D eigenvalue weighted by Crippen LogP contribution is -2.50. The molecule has 0 spiro atoms. The van der Waals surface area contributed by atoms with E-state index in [1.165, 1.54) is 0 Å². The quantitative estimate of drug-likeness (QED) is 0.104. The van der Waals surface area contributed by atoms with Crippen molar-refractivity contribution in [2.24, 2.45) is 47.3 Å². The van der Waals surface area contributed by atoms with E-state index in [0.717, 1.165) is 152 Å². The minimum atomic E-state index is -0.963. The highest BCUT2D eigenvalue weighted by molar-refractivity contribution is 6.34. The molecule has 6 aliphatic rings. The van der Waals surface area contributed by atoms with Crippen LogP contribution in [-0.4, -0.2) is 85.5 Å². The third-order valence-corrected chi connectivity index (χ3v) is 26.9. The first-order valence-corrected chi connectivity index (χ1v) is 42.6. The molecule has 4 atom stereocenters. The Morgan fingerprint density at radius 1 is 0.164 bits per heavy atom. The summed E-state index contributed by atoms with van der Waals surface area (Å²) in [5, 5.41) is 8.58. The monoisotopic (exact) mass is 1660 g/mol. The van der Waals surface area contributed by atoms with Crippen LogP contribution in [0.25, 0.3) is 155 Å². The Hall–Kier alpha value is -17.0. The minimum absolute atomic E-state index is 0.165. The van der Waals surface area contributed by atoms with Crippen molar-refractivity contribution in [3.05, 3.63) is 364 Å². The molecular formula is C108H68N12O8. The second-order valence-corrected chi connectivity index (χ2v) is 33.5. The van der Waals surface area contributed by atoms with Crippen LogP contribution in [0.3, 0.4) is 0 Å². The summed E-state index contributed by atoms with van der Waals surface area (Å²) in [6.07, 6.45) is 0. The molecule has 12 aromatic carbocycles. The smallest absolute Gasteiger partial charge is 0.239 e. The molecule has 26 rings (SSSR count). The van der Waals surface area contributed by atoms with Gasteiger partial charge in [0.15, 0.2) is 0 Å². The summed E-state index contributed by atoms with van der Waals surface area (Å²) in [5.41, 5.74) is 18.2. The molecule has 4 aliphatic heterocycles. The molecule has 608 valence electrons. The number of hydrogen-bond donors (Lipinski definition) is 0. The lowest BCUT2D eigenvalue weighted by atomic mass is 9.59. The van der Waals surface area contributed by atoms with Crippen LogP contribution < -0.4 is 19.6 Å². The van der Waals surface area contributed by atoms with Gasteiger partial charge in [0.05, 0.1) is 114 Å². The average molecular weight is 1660 g/mol. The van der Waals surface area contributed by atoms with Gasteiger partial charge in [-0.05, 0) is 164 Å². The molecule has 20 heteroatoms. The van der Waals surface area contributed by atoms with Gasteiger partial charge in [-0.2, -0.15) is 0 Å². The number of anilines is 4. The van der Waals surface area contributed by atoms with Crippen molar-refractivity contribution >= 4 is 158 Å². The van der Waals surface area contributed by atoms with Gasteiger partial charge >= 0.3 is 0 Å². The van der Waals surface area contributed by atoms with Crippen molar-refractivity contribution in [3.8, 4) is 67.8 Å². The van der Waals surface area contributed by atoms with E-state index < -0.39 is 94.6 Å². The Balaban J connectivity index is 0.000000139. The summed E-state index contributed by atoms with van der Waals surface area (Å²) < 4.78 is 8.92. The van der Waals surface area contributed by atoms with E-state index in [1.54, 1.807) is 48.5 Å². The van der Waals surface area contributed by atoms with Crippen LogP contribution in [0, 0.1) is 47.3 Å². The predicted molar refractivity (Wildman–Crippen MR) is 494 cm³/mol. The molecule has 12 heterocycles. The molecule has 2 saturated carbocycles. The Morgan fingerprint density at radius 3 is 0.633 bits per heavy atom. The fraction of sp³-hybridized carbons (Fsp3) is 0.0741. The Morgan fingerprint density at radius 2 is 0.367 bits per heavy atom. The number of carbonyl (C=O) groups excluding carboxylic acids is 8. The molecular weight excluding hydrogens is 1590 g/mol. The van der Waals surface area contributed by atoms with Gasteiger partial charge in [-0.25, -0.2) is 39.5 Å². The highest BCUT2D eigenvalue weighted by Crippen LogP contribution is 2.60. The normalized spacial score (nSPS) is 19.3. The summed E-state index contributed by atoms with van der Waals surface area (Å²) in [5.74, 6) is -11.2. The van der Waals surface area contributed by atoms with Crippen molar-refractivity contribution in [2.75, 3.05) is 19.6 Å². The number of benzene rings is 12. The molecule has 20 nitrogen and oxygen atoms in total.